The van der Waals surface area contributed by atoms with Crippen molar-refractivity contribution in [3.63, 3.8) is 0 Å². The molecule has 1 aliphatic carbocycles. The molecule has 0 aromatic heterocycles. The summed E-state index contributed by atoms with van der Waals surface area (Å²) in [4.78, 5) is 35.0. The van der Waals surface area contributed by atoms with Crippen LogP contribution in [-0.2, 0) is 20.9 Å². The first-order valence-electron chi connectivity index (χ1n) is 7.98. The Labute approximate surface area is 139 Å². The standard InChI is InChI=1S/C17H19N3O4/c21-15-7-6-14(16(22)18-13-8-12(9-13)17(23)24)19-20(15)10-11-4-2-1-3-5-11/h1-5,12-13H,6-10H2,(H,18,22)(H,23,24). The fraction of sp³-hybridized carbons (Fsp3) is 0.412. The summed E-state index contributed by atoms with van der Waals surface area (Å²) >= 11 is 0. The molecule has 1 aromatic carbocycles. The van der Waals surface area contributed by atoms with Crippen LogP contribution >= 0.6 is 0 Å². The number of carboxylic acids is 1. The van der Waals surface area contributed by atoms with Gasteiger partial charge in [-0.1, -0.05) is 30.3 Å². The minimum atomic E-state index is -0.824. The molecule has 7 heteroatoms. The van der Waals surface area contributed by atoms with Gasteiger partial charge in [-0.3, -0.25) is 14.4 Å². The Morgan fingerprint density at radius 1 is 1.21 bits per heavy atom. The highest BCUT2D eigenvalue weighted by atomic mass is 16.4. The number of carbonyl (C=O) groups is 3. The first-order valence-corrected chi connectivity index (χ1v) is 7.98. The number of nitrogens with zero attached hydrogens (tertiary/aromatic N) is 2. The van der Waals surface area contributed by atoms with E-state index in [2.05, 4.69) is 10.4 Å². The summed E-state index contributed by atoms with van der Waals surface area (Å²) in [6, 6.07) is 9.34. The van der Waals surface area contributed by atoms with Crippen molar-refractivity contribution < 1.29 is 19.5 Å². The summed E-state index contributed by atoms with van der Waals surface area (Å²) in [6.45, 7) is 0.334. The van der Waals surface area contributed by atoms with Crippen molar-refractivity contribution >= 4 is 23.5 Å². The molecule has 3 rings (SSSR count). The number of rotatable bonds is 5. The zero-order chi connectivity index (χ0) is 17.1. The van der Waals surface area contributed by atoms with Crippen molar-refractivity contribution in [3.8, 4) is 0 Å². The molecule has 2 N–H and O–H groups in total. The Kier molecular flexibility index (Phi) is 4.59. The molecule has 0 saturated heterocycles. The molecular weight excluding hydrogens is 310 g/mol. The second kappa shape index (κ2) is 6.82. The molecule has 0 radical (unpaired) electrons. The molecule has 1 aliphatic heterocycles. The van der Waals surface area contributed by atoms with Crippen LogP contribution in [0, 0.1) is 5.92 Å². The zero-order valence-electron chi connectivity index (χ0n) is 13.1. The quantitative estimate of drug-likeness (QED) is 0.846. The predicted octanol–water partition coefficient (Wildman–Crippen LogP) is 1.14. The van der Waals surface area contributed by atoms with Gasteiger partial charge >= 0.3 is 5.97 Å². The van der Waals surface area contributed by atoms with Gasteiger partial charge in [-0.2, -0.15) is 5.10 Å². The SMILES string of the molecule is O=C(NC1CC(C(=O)O)C1)C1=NN(Cc2ccccc2)C(=O)CC1. The molecular formula is C17H19N3O4. The highest BCUT2D eigenvalue weighted by Gasteiger charge is 2.36. The van der Waals surface area contributed by atoms with Gasteiger partial charge in [0.25, 0.3) is 5.91 Å². The van der Waals surface area contributed by atoms with Gasteiger partial charge in [-0.25, -0.2) is 5.01 Å². The summed E-state index contributed by atoms with van der Waals surface area (Å²) in [6.07, 6.45) is 1.45. The van der Waals surface area contributed by atoms with Crippen LogP contribution in [0.4, 0.5) is 0 Å². The van der Waals surface area contributed by atoms with E-state index in [1.165, 1.54) is 5.01 Å². The molecule has 0 atom stereocenters. The highest BCUT2D eigenvalue weighted by Crippen LogP contribution is 2.27. The normalized spacial score (nSPS) is 23.2. The Morgan fingerprint density at radius 3 is 2.58 bits per heavy atom. The van der Waals surface area contributed by atoms with Gasteiger partial charge in [0, 0.05) is 18.9 Å². The lowest BCUT2D eigenvalue weighted by Gasteiger charge is -2.33. The van der Waals surface area contributed by atoms with E-state index in [0.717, 1.165) is 5.56 Å². The van der Waals surface area contributed by atoms with Crippen LogP contribution in [0.3, 0.4) is 0 Å². The average Bonchev–Trinajstić information content (AvgIpc) is 2.53. The molecule has 1 fully saturated rings. The van der Waals surface area contributed by atoms with Crippen molar-refractivity contribution in [2.75, 3.05) is 0 Å². The molecule has 1 aromatic rings. The van der Waals surface area contributed by atoms with Crippen LogP contribution in [-0.4, -0.2) is 39.7 Å². The summed E-state index contributed by atoms with van der Waals surface area (Å²) < 4.78 is 0. The minimum Gasteiger partial charge on any atom is -0.481 e. The Hall–Kier alpha value is -2.70. The fourth-order valence-corrected chi connectivity index (χ4v) is 2.85. The maximum absolute atomic E-state index is 12.3. The van der Waals surface area contributed by atoms with E-state index < -0.39 is 5.97 Å². The lowest BCUT2D eigenvalue weighted by Crippen LogP contribution is -2.49. The fourth-order valence-electron chi connectivity index (χ4n) is 2.85. The number of carbonyl (C=O) groups excluding carboxylic acids is 2. The van der Waals surface area contributed by atoms with Crippen LogP contribution < -0.4 is 5.32 Å². The van der Waals surface area contributed by atoms with Crippen LogP contribution in [0.1, 0.15) is 31.2 Å². The number of hydrogen-bond acceptors (Lipinski definition) is 4. The van der Waals surface area contributed by atoms with Crippen LogP contribution in [0.25, 0.3) is 0 Å². The van der Waals surface area contributed by atoms with E-state index in [-0.39, 0.29) is 30.2 Å². The van der Waals surface area contributed by atoms with Crippen LogP contribution in [0.2, 0.25) is 0 Å². The molecule has 1 saturated carbocycles. The average molecular weight is 329 g/mol. The van der Waals surface area contributed by atoms with Crippen molar-refractivity contribution in [2.45, 2.75) is 38.3 Å². The van der Waals surface area contributed by atoms with E-state index in [4.69, 9.17) is 5.11 Å². The van der Waals surface area contributed by atoms with Gasteiger partial charge in [0.1, 0.15) is 5.71 Å². The van der Waals surface area contributed by atoms with Gasteiger partial charge in [0.2, 0.25) is 5.91 Å². The summed E-state index contributed by atoms with van der Waals surface area (Å²) in [5.41, 5.74) is 1.27. The second-order valence-electron chi connectivity index (χ2n) is 6.16. The lowest BCUT2D eigenvalue weighted by molar-refractivity contribution is -0.146. The molecule has 0 unspecified atom stereocenters. The molecule has 2 amide bonds. The van der Waals surface area contributed by atoms with Gasteiger partial charge in [-0.05, 0) is 18.4 Å². The first-order chi connectivity index (χ1) is 11.5. The minimum absolute atomic E-state index is 0.106. The number of amides is 2. The smallest absolute Gasteiger partial charge is 0.306 e. The number of aliphatic carboxylic acids is 1. The van der Waals surface area contributed by atoms with Gasteiger partial charge < -0.3 is 10.4 Å². The van der Waals surface area contributed by atoms with Crippen molar-refractivity contribution in [2.24, 2.45) is 11.0 Å². The topological polar surface area (TPSA) is 99.1 Å². The maximum atomic E-state index is 12.3. The molecule has 1 heterocycles. The third-order valence-electron chi connectivity index (χ3n) is 4.36. The van der Waals surface area contributed by atoms with Crippen molar-refractivity contribution in [1.82, 2.24) is 10.3 Å². The third kappa shape index (κ3) is 3.61. The largest absolute Gasteiger partial charge is 0.481 e. The molecule has 0 bridgehead atoms. The number of benzene rings is 1. The molecule has 0 spiro atoms. The van der Waals surface area contributed by atoms with Gasteiger partial charge in [-0.15, -0.1) is 0 Å². The Balaban J connectivity index is 1.60. The van der Waals surface area contributed by atoms with Crippen LogP contribution in [0.5, 0.6) is 0 Å². The third-order valence-corrected chi connectivity index (χ3v) is 4.36. The lowest BCUT2D eigenvalue weighted by atomic mass is 9.80. The van der Waals surface area contributed by atoms with E-state index in [1.54, 1.807) is 0 Å². The second-order valence-corrected chi connectivity index (χ2v) is 6.16. The molecule has 24 heavy (non-hydrogen) atoms. The summed E-state index contributed by atoms with van der Waals surface area (Å²) in [5, 5.41) is 17.2. The number of carboxylic acid groups (broad SMARTS) is 1. The summed E-state index contributed by atoms with van der Waals surface area (Å²) in [7, 11) is 0. The van der Waals surface area contributed by atoms with Gasteiger partial charge in [0.05, 0.1) is 12.5 Å². The maximum Gasteiger partial charge on any atom is 0.306 e. The van der Waals surface area contributed by atoms with E-state index in [1.807, 2.05) is 30.3 Å². The Morgan fingerprint density at radius 2 is 1.92 bits per heavy atom. The number of hydrogen-bond donors (Lipinski definition) is 2. The van der Waals surface area contributed by atoms with E-state index >= 15 is 0 Å². The van der Waals surface area contributed by atoms with E-state index in [9.17, 15) is 14.4 Å². The number of hydrazone groups is 1. The monoisotopic (exact) mass is 329 g/mol. The molecule has 7 nitrogen and oxygen atoms in total. The van der Waals surface area contributed by atoms with Gasteiger partial charge in [0.15, 0.2) is 0 Å². The molecule has 2 aliphatic rings. The van der Waals surface area contributed by atoms with Crippen LogP contribution in [0.15, 0.2) is 35.4 Å². The summed E-state index contributed by atoms with van der Waals surface area (Å²) in [5.74, 6) is -1.62. The predicted molar refractivity (Wildman–Crippen MR) is 86.0 cm³/mol. The molecule has 126 valence electrons. The highest BCUT2D eigenvalue weighted by molar-refractivity contribution is 6.39. The first kappa shape index (κ1) is 16.2. The zero-order valence-corrected chi connectivity index (χ0v) is 13.1. The van der Waals surface area contributed by atoms with Crippen molar-refractivity contribution in [3.05, 3.63) is 35.9 Å². The number of nitrogens with one attached hydrogen (secondary N) is 1. The van der Waals surface area contributed by atoms with Crippen molar-refractivity contribution in [1.29, 1.82) is 0 Å². The van der Waals surface area contributed by atoms with E-state index in [0.29, 0.717) is 31.5 Å². The Bertz CT molecular complexity index is 680.